The molecule has 0 spiro atoms. The van der Waals surface area contributed by atoms with E-state index in [1.54, 1.807) is 7.11 Å². The molecule has 1 unspecified atom stereocenters. The molecular weight excluding hydrogens is 114 g/mol. The zero-order valence-electron chi connectivity index (χ0n) is 6.05. The highest BCUT2D eigenvalue weighted by Crippen LogP contribution is 2.03. The van der Waals surface area contributed by atoms with Crippen molar-refractivity contribution >= 4 is 0 Å². The van der Waals surface area contributed by atoms with Gasteiger partial charge in [-0.2, -0.15) is 5.26 Å². The predicted octanol–water partition coefficient (Wildman–Crippen LogP) is 1.57. The maximum Gasteiger partial charge on any atom is 0.0697 e. The third-order valence-electron chi connectivity index (χ3n) is 1.19. The van der Waals surface area contributed by atoms with Gasteiger partial charge in [-0.1, -0.05) is 13.3 Å². The topological polar surface area (TPSA) is 33.0 Å². The summed E-state index contributed by atoms with van der Waals surface area (Å²) in [4.78, 5) is 0. The lowest BCUT2D eigenvalue weighted by Crippen LogP contribution is -2.04. The van der Waals surface area contributed by atoms with Gasteiger partial charge in [-0.25, -0.2) is 0 Å². The fraction of sp³-hybridized carbons (Fsp3) is 0.857. The molecule has 1 atom stereocenters. The lowest BCUT2D eigenvalue weighted by atomic mass is 10.1. The molecule has 0 aliphatic heterocycles. The second kappa shape index (κ2) is 5.58. The van der Waals surface area contributed by atoms with E-state index in [-0.39, 0.29) is 5.92 Å². The first-order chi connectivity index (χ1) is 4.35. The van der Waals surface area contributed by atoms with Gasteiger partial charge in [0.15, 0.2) is 0 Å². The first kappa shape index (κ1) is 8.45. The summed E-state index contributed by atoms with van der Waals surface area (Å²) in [5.74, 6) is 0.0972. The number of ether oxygens (including phenoxy) is 1. The van der Waals surface area contributed by atoms with Crippen molar-refractivity contribution in [1.29, 1.82) is 5.26 Å². The van der Waals surface area contributed by atoms with Gasteiger partial charge in [-0.05, 0) is 6.42 Å². The second-order valence-corrected chi connectivity index (χ2v) is 2.07. The van der Waals surface area contributed by atoms with Crippen molar-refractivity contribution in [2.75, 3.05) is 13.7 Å². The Hall–Kier alpha value is -0.550. The van der Waals surface area contributed by atoms with Gasteiger partial charge in [-0.15, -0.1) is 0 Å². The fourth-order valence-electron chi connectivity index (χ4n) is 0.735. The van der Waals surface area contributed by atoms with Crippen LogP contribution < -0.4 is 0 Å². The van der Waals surface area contributed by atoms with Gasteiger partial charge in [0, 0.05) is 7.11 Å². The van der Waals surface area contributed by atoms with Gasteiger partial charge in [0.1, 0.15) is 0 Å². The number of rotatable bonds is 4. The maximum absolute atomic E-state index is 8.46. The Balaban J connectivity index is 3.32. The van der Waals surface area contributed by atoms with Crippen LogP contribution in [0.1, 0.15) is 19.8 Å². The Labute approximate surface area is 56.4 Å². The maximum atomic E-state index is 8.46. The van der Waals surface area contributed by atoms with Crippen LogP contribution in [0.5, 0.6) is 0 Å². The minimum Gasteiger partial charge on any atom is -0.383 e. The number of nitrogens with zero attached hydrogens (tertiary/aromatic N) is 1. The Morgan fingerprint density at radius 3 is 2.67 bits per heavy atom. The molecule has 9 heavy (non-hydrogen) atoms. The average molecular weight is 127 g/mol. The molecule has 0 aliphatic carbocycles. The van der Waals surface area contributed by atoms with Crippen LogP contribution in [0.15, 0.2) is 0 Å². The summed E-state index contributed by atoms with van der Waals surface area (Å²) in [5.41, 5.74) is 0. The van der Waals surface area contributed by atoms with Crippen molar-refractivity contribution in [2.24, 2.45) is 5.92 Å². The van der Waals surface area contributed by atoms with Gasteiger partial charge in [0.05, 0.1) is 18.6 Å². The van der Waals surface area contributed by atoms with Gasteiger partial charge in [0.25, 0.3) is 0 Å². The number of methoxy groups -OCH3 is 1. The summed E-state index contributed by atoms with van der Waals surface area (Å²) in [7, 11) is 1.62. The molecule has 0 radical (unpaired) electrons. The zero-order chi connectivity index (χ0) is 7.11. The van der Waals surface area contributed by atoms with Gasteiger partial charge < -0.3 is 4.74 Å². The summed E-state index contributed by atoms with van der Waals surface area (Å²) in [6.45, 7) is 2.64. The fourth-order valence-corrected chi connectivity index (χ4v) is 0.735. The van der Waals surface area contributed by atoms with Crippen LogP contribution in [-0.4, -0.2) is 13.7 Å². The SMILES string of the molecule is CCCC(C#N)COC. The first-order valence-electron chi connectivity index (χ1n) is 3.23. The molecule has 0 amide bonds. The van der Waals surface area contributed by atoms with Gasteiger partial charge in [0.2, 0.25) is 0 Å². The quantitative estimate of drug-likeness (QED) is 0.574. The molecule has 2 heteroatoms. The van der Waals surface area contributed by atoms with Crippen molar-refractivity contribution in [3.8, 4) is 6.07 Å². The van der Waals surface area contributed by atoms with E-state index in [2.05, 4.69) is 13.0 Å². The molecule has 0 saturated carbocycles. The summed E-state index contributed by atoms with van der Waals surface area (Å²) < 4.78 is 4.82. The van der Waals surface area contributed by atoms with Crippen molar-refractivity contribution < 1.29 is 4.74 Å². The number of nitriles is 1. The molecule has 0 heterocycles. The molecule has 0 N–H and O–H groups in total. The van der Waals surface area contributed by atoms with Gasteiger partial charge >= 0.3 is 0 Å². The second-order valence-electron chi connectivity index (χ2n) is 2.07. The Morgan fingerprint density at radius 1 is 1.67 bits per heavy atom. The van der Waals surface area contributed by atoms with E-state index in [0.717, 1.165) is 12.8 Å². The molecule has 0 aromatic rings. The highest BCUT2D eigenvalue weighted by molar-refractivity contribution is 4.81. The highest BCUT2D eigenvalue weighted by atomic mass is 16.5. The van der Waals surface area contributed by atoms with Crippen LogP contribution in [0.25, 0.3) is 0 Å². The Kier molecular flexibility index (Phi) is 5.24. The molecule has 52 valence electrons. The number of hydrogen-bond acceptors (Lipinski definition) is 2. The van der Waals surface area contributed by atoms with E-state index in [4.69, 9.17) is 10.00 Å². The smallest absolute Gasteiger partial charge is 0.0697 e. The third-order valence-corrected chi connectivity index (χ3v) is 1.19. The van der Waals surface area contributed by atoms with Crippen molar-refractivity contribution in [3.05, 3.63) is 0 Å². The van der Waals surface area contributed by atoms with Crippen LogP contribution in [0.4, 0.5) is 0 Å². The van der Waals surface area contributed by atoms with Crippen molar-refractivity contribution in [2.45, 2.75) is 19.8 Å². The predicted molar refractivity (Wildman–Crippen MR) is 35.9 cm³/mol. The first-order valence-corrected chi connectivity index (χ1v) is 3.23. The van der Waals surface area contributed by atoms with Crippen LogP contribution in [0.2, 0.25) is 0 Å². The summed E-state index contributed by atoms with van der Waals surface area (Å²) >= 11 is 0. The molecule has 0 bridgehead atoms. The van der Waals surface area contributed by atoms with Crippen molar-refractivity contribution in [3.63, 3.8) is 0 Å². The Bertz CT molecular complexity index is 89.6. The minimum absolute atomic E-state index is 0.0972. The van der Waals surface area contributed by atoms with Crippen molar-refractivity contribution in [1.82, 2.24) is 0 Å². The summed E-state index contributed by atoms with van der Waals surface area (Å²) in [6, 6.07) is 2.18. The summed E-state index contributed by atoms with van der Waals surface area (Å²) in [6.07, 6.45) is 2.01. The van der Waals surface area contributed by atoms with E-state index in [0.29, 0.717) is 6.61 Å². The van der Waals surface area contributed by atoms with Crippen LogP contribution in [0, 0.1) is 17.2 Å². The molecule has 0 aromatic heterocycles. The molecule has 0 aromatic carbocycles. The van der Waals surface area contributed by atoms with E-state index >= 15 is 0 Å². The largest absolute Gasteiger partial charge is 0.383 e. The monoisotopic (exact) mass is 127 g/mol. The molecule has 0 rings (SSSR count). The van der Waals surface area contributed by atoms with E-state index in [1.165, 1.54) is 0 Å². The van der Waals surface area contributed by atoms with Crippen LogP contribution >= 0.6 is 0 Å². The minimum atomic E-state index is 0.0972. The average Bonchev–Trinajstić information content (AvgIpc) is 1.88. The zero-order valence-corrected chi connectivity index (χ0v) is 6.05. The van der Waals surface area contributed by atoms with E-state index in [9.17, 15) is 0 Å². The normalized spacial score (nSPS) is 12.6. The van der Waals surface area contributed by atoms with Gasteiger partial charge in [-0.3, -0.25) is 0 Å². The third kappa shape index (κ3) is 3.99. The molecule has 0 saturated heterocycles. The standard InChI is InChI=1S/C7H13NO/c1-3-4-7(5-8)6-9-2/h7H,3-4,6H2,1-2H3. The van der Waals surface area contributed by atoms with E-state index < -0.39 is 0 Å². The lowest BCUT2D eigenvalue weighted by molar-refractivity contribution is 0.168. The summed E-state index contributed by atoms with van der Waals surface area (Å²) in [5, 5.41) is 8.46. The molecule has 0 aliphatic rings. The molecule has 0 fully saturated rings. The Morgan fingerprint density at radius 2 is 2.33 bits per heavy atom. The molecule has 2 nitrogen and oxygen atoms in total. The van der Waals surface area contributed by atoms with E-state index in [1.807, 2.05) is 0 Å². The lowest BCUT2D eigenvalue weighted by Gasteiger charge is -2.03. The van der Waals surface area contributed by atoms with Crippen LogP contribution in [-0.2, 0) is 4.74 Å². The molecular formula is C7H13NO. The number of hydrogen-bond donors (Lipinski definition) is 0. The van der Waals surface area contributed by atoms with Crippen LogP contribution in [0.3, 0.4) is 0 Å². The highest BCUT2D eigenvalue weighted by Gasteiger charge is 2.03.